The summed E-state index contributed by atoms with van der Waals surface area (Å²) in [5.41, 5.74) is 0.270. The van der Waals surface area contributed by atoms with E-state index in [4.69, 9.17) is 4.43 Å². The van der Waals surface area contributed by atoms with Crippen LogP contribution < -0.4 is 0 Å². The second kappa shape index (κ2) is 7.24. The SMILES string of the molecule is C[SiH](C)OC#C[C@@H](CC1CCCCC1)C(C)(C)C. The average Bonchev–Trinajstić information content (AvgIpc) is 2.27. The Bertz CT molecular complexity index is 286. The first-order chi connectivity index (χ1) is 8.39. The lowest BCUT2D eigenvalue weighted by molar-refractivity contribution is 0.221. The summed E-state index contributed by atoms with van der Waals surface area (Å²) in [5.74, 6) is 4.78. The molecule has 2 heteroatoms. The van der Waals surface area contributed by atoms with Crippen LogP contribution in [0.25, 0.3) is 0 Å². The third kappa shape index (κ3) is 5.95. The van der Waals surface area contributed by atoms with Crippen molar-refractivity contribution in [2.24, 2.45) is 17.3 Å². The number of rotatable bonds is 3. The quantitative estimate of drug-likeness (QED) is 0.536. The Balaban J connectivity index is 2.57. The van der Waals surface area contributed by atoms with Crippen LogP contribution >= 0.6 is 0 Å². The normalized spacial score (nSPS) is 19.2. The summed E-state index contributed by atoms with van der Waals surface area (Å²) >= 11 is 0. The van der Waals surface area contributed by atoms with Crippen LogP contribution in [0.1, 0.15) is 59.3 Å². The van der Waals surface area contributed by atoms with Crippen molar-refractivity contribution in [1.82, 2.24) is 0 Å². The van der Waals surface area contributed by atoms with Crippen LogP contribution in [0.4, 0.5) is 0 Å². The van der Waals surface area contributed by atoms with Gasteiger partial charge in [0.2, 0.25) is 9.04 Å². The van der Waals surface area contributed by atoms with Gasteiger partial charge < -0.3 is 4.43 Å². The van der Waals surface area contributed by atoms with Gasteiger partial charge in [0.05, 0.1) is 6.11 Å². The van der Waals surface area contributed by atoms with Gasteiger partial charge in [0.1, 0.15) is 0 Å². The number of hydrogen-bond donors (Lipinski definition) is 0. The lowest BCUT2D eigenvalue weighted by atomic mass is 9.73. The summed E-state index contributed by atoms with van der Waals surface area (Å²) < 4.78 is 5.53. The molecule has 0 spiro atoms. The van der Waals surface area contributed by atoms with Gasteiger partial charge in [-0.25, -0.2) is 0 Å². The maximum absolute atomic E-state index is 5.53. The van der Waals surface area contributed by atoms with E-state index in [-0.39, 0.29) is 5.41 Å². The van der Waals surface area contributed by atoms with Crippen LogP contribution in [-0.4, -0.2) is 9.04 Å². The summed E-state index contributed by atoms with van der Waals surface area (Å²) in [6, 6.07) is 0. The largest absolute Gasteiger partial charge is 0.505 e. The van der Waals surface area contributed by atoms with Crippen molar-refractivity contribution in [3.8, 4) is 12.0 Å². The zero-order chi connectivity index (χ0) is 13.6. The van der Waals surface area contributed by atoms with E-state index in [0.29, 0.717) is 5.92 Å². The van der Waals surface area contributed by atoms with Gasteiger partial charge in [-0.3, -0.25) is 0 Å². The predicted octanol–water partition coefficient (Wildman–Crippen LogP) is 4.58. The monoisotopic (exact) mass is 266 g/mol. The molecule has 1 aliphatic rings. The summed E-state index contributed by atoms with van der Waals surface area (Å²) in [7, 11) is -1.00. The molecule has 0 aromatic rings. The molecule has 0 aliphatic heterocycles. The van der Waals surface area contributed by atoms with Crippen molar-refractivity contribution in [3.63, 3.8) is 0 Å². The van der Waals surface area contributed by atoms with E-state index in [1.54, 1.807) is 0 Å². The summed E-state index contributed by atoms with van der Waals surface area (Å²) in [6.07, 6.45) is 11.4. The highest BCUT2D eigenvalue weighted by molar-refractivity contribution is 6.48. The first-order valence-corrected chi connectivity index (χ1v) is 10.3. The Morgan fingerprint density at radius 3 is 2.28 bits per heavy atom. The molecule has 1 nitrogen and oxygen atoms in total. The highest BCUT2D eigenvalue weighted by atomic mass is 28.3. The number of hydrogen-bond acceptors (Lipinski definition) is 1. The third-order valence-electron chi connectivity index (χ3n) is 3.87. The van der Waals surface area contributed by atoms with Crippen molar-refractivity contribution in [2.45, 2.75) is 72.4 Å². The van der Waals surface area contributed by atoms with Crippen LogP contribution in [0.15, 0.2) is 0 Å². The minimum absolute atomic E-state index is 0.270. The van der Waals surface area contributed by atoms with E-state index in [2.05, 4.69) is 45.9 Å². The maximum Gasteiger partial charge on any atom is 0.244 e. The van der Waals surface area contributed by atoms with E-state index < -0.39 is 9.04 Å². The van der Waals surface area contributed by atoms with Crippen LogP contribution in [0, 0.1) is 29.3 Å². The van der Waals surface area contributed by atoms with Crippen LogP contribution in [0.3, 0.4) is 0 Å². The molecule has 0 unspecified atom stereocenters. The molecule has 0 aromatic carbocycles. The van der Waals surface area contributed by atoms with Gasteiger partial charge in [0.15, 0.2) is 0 Å². The Hall–Kier alpha value is -0.423. The van der Waals surface area contributed by atoms with Crippen molar-refractivity contribution in [3.05, 3.63) is 0 Å². The lowest BCUT2D eigenvalue weighted by Crippen LogP contribution is -2.23. The van der Waals surface area contributed by atoms with Gasteiger partial charge in [0.25, 0.3) is 0 Å². The molecule has 1 rings (SSSR count). The Morgan fingerprint density at radius 2 is 1.78 bits per heavy atom. The third-order valence-corrected chi connectivity index (χ3v) is 4.46. The molecule has 1 fully saturated rings. The predicted molar refractivity (Wildman–Crippen MR) is 81.9 cm³/mol. The fourth-order valence-corrected chi connectivity index (χ4v) is 2.91. The molecule has 1 atom stereocenters. The second-order valence-electron chi connectivity index (χ2n) is 7.07. The molecule has 104 valence electrons. The molecule has 0 bridgehead atoms. The minimum Gasteiger partial charge on any atom is -0.505 e. The standard InChI is InChI=1S/C16H30OSi/c1-16(2,3)15(11-12-17-18(4)5)13-14-9-7-6-8-10-14/h14-15,18H,6-10,13H2,1-5H3/t15-/m0/s1. The van der Waals surface area contributed by atoms with Gasteiger partial charge in [-0.2, -0.15) is 0 Å². The summed E-state index contributed by atoms with van der Waals surface area (Å²) in [5, 5.41) is 0. The molecule has 0 radical (unpaired) electrons. The maximum atomic E-state index is 5.53. The van der Waals surface area contributed by atoms with Gasteiger partial charge in [-0.05, 0) is 30.8 Å². The van der Waals surface area contributed by atoms with Crippen molar-refractivity contribution < 1.29 is 4.43 Å². The van der Waals surface area contributed by atoms with E-state index >= 15 is 0 Å². The average molecular weight is 267 g/mol. The van der Waals surface area contributed by atoms with Crippen LogP contribution in [-0.2, 0) is 4.43 Å². The fourth-order valence-electron chi connectivity index (χ4n) is 2.61. The van der Waals surface area contributed by atoms with Gasteiger partial charge >= 0.3 is 0 Å². The summed E-state index contributed by atoms with van der Waals surface area (Å²) in [6.45, 7) is 11.3. The van der Waals surface area contributed by atoms with Crippen molar-refractivity contribution >= 4 is 9.04 Å². The second-order valence-corrected chi connectivity index (χ2v) is 9.40. The molecule has 18 heavy (non-hydrogen) atoms. The first kappa shape index (κ1) is 15.6. The fraction of sp³-hybridized carbons (Fsp3) is 0.875. The molecular formula is C16H30OSi. The molecule has 0 saturated heterocycles. The summed E-state index contributed by atoms with van der Waals surface area (Å²) in [4.78, 5) is 0. The molecule has 1 aliphatic carbocycles. The van der Waals surface area contributed by atoms with Gasteiger partial charge in [0, 0.05) is 5.92 Å². The minimum atomic E-state index is -1.00. The van der Waals surface area contributed by atoms with Crippen molar-refractivity contribution in [2.75, 3.05) is 0 Å². The topological polar surface area (TPSA) is 9.23 Å². The van der Waals surface area contributed by atoms with Crippen LogP contribution in [0.5, 0.6) is 0 Å². The lowest BCUT2D eigenvalue weighted by Gasteiger charge is -2.31. The highest BCUT2D eigenvalue weighted by Crippen LogP contribution is 2.36. The molecule has 0 amide bonds. The molecule has 0 heterocycles. The zero-order valence-electron chi connectivity index (χ0n) is 12.9. The Morgan fingerprint density at radius 1 is 1.17 bits per heavy atom. The Labute approximate surface area is 115 Å². The van der Waals surface area contributed by atoms with E-state index in [9.17, 15) is 0 Å². The first-order valence-electron chi connectivity index (χ1n) is 7.55. The molecule has 0 N–H and O–H groups in total. The highest BCUT2D eigenvalue weighted by Gasteiger charge is 2.27. The Kier molecular flexibility index (Phi) is 6.28. The van der Waals surface area contributed by atoms with E-state index in [1.165, 1.54) is 38.5 Å². The van der Waals surface area contributed by atoms with Crippen LogP contribution in [0.2, 0.25) is 13.1 Å². The van der Waals surface area contributed by atoms with Gasteiger partial charge in [-0.15, -0.1) is 0 Å². The van der Waals surface area contributed by atoms with E-state index in [1.807, 2.05) is 0 Å². The van der Waals surface area contributed by atoms with Gasteiger partial charge in [-0.1, -0.05) is 58.8 Å². The van der Waals surface area contributed by atoms with E-state index in [0.717, 1.165) is 5.92 Å². The molecular weight excluding hydrogens is 236 g/mol. The molecule has 1 saturated carbocycles. The molecule has 0 aromatic heterocycles. The smallest absolute Gasteiger partial charge is 0.244 e. The van der Waals surface area contributed by atoms with Crippen molar-refractivity contribution in [1.29, 1.82) is 0 Å². The zero-order valence-corrected chi connectivity index (χ0v) is 14.0.